The molecular formula is C33H45NO4. The molecule has 0 bridgehead atoms. The number of ketones is 2. The van der Waals surface area contributed by atoms with Gasteiger partial charge in [-0.25, -0.2) is 0 Å². The molecule has 0 amide bonds. The van der Waals surface area contributed by atoms with Crippen molar-refractivity contribution in [3.63, 3.8) is 0 Å². The normalized spacial score (nSPS) is 44.8. The summed E-state index contributed by atoms with van der Waals surface area (Å²) >= 11 is 0. The van der Waals surface area contributed by atoms with Crippen molar-refractivity contribution in [2.45, 2.75) is 100 Å². The number of nitrogens with zero attached hydrogens (tertiary/aromatic N) is 1. The van der Waals surface area contributed by atoms with E-state index in [1.165, 1.54) is 6.92 Å². The molecule has 3 unspecified atom stereocenters. The van der Waals surface area contributed by atoms with Gasteiger partial charge in [0, 0.05) is 29.1 Å². The van der Waals surface area contributed by atoms with Crippen molar-refractivity contribution in [3.8, 4) is 6.07 Å². The second kappa shape index (κ2) is 8.15. The summed E-state index contributed by atoms with van der Waals surface area (Å²) in [5, 5.41) is 9.88. The Morgan fingerprint density at radius 3 is 2.32 bits per heavy atom. The summed E-state index contributed by atoms with van der Waals surface area (Å²) in [6, 6.07) is 2.18. The Labute approximate surface area is 228 Å². The summed E-state index contributed by atoms with van der Waals surface area (Å²) in [6.45, 7) is 17.3. The lowest BCUT2D eigenvalue weighted by Crippen LogP contribution is -2.65. The monoisotopic (exact) mass is 519 g/mol. The van der Waals surface area contributed by atoms with Gasteiger partial charge in [0.25, 0.3) is 0 Å². The van der Waals surface area contributed by atoms with E-state index in [1.54, 1.807) is 0 Å². The molecule has 0 aromatic heterocycles. The molecule has 3 fully saturated rings. The first-order chi connectivity index (χ1) is 17.5. The lowest BCUT2D eigenvalue weighted by atomic mass is 9.34. The van der Waals surface area contributed by atoms with E-state index in [1.807, 2.05) is 26.0 Å². The highest BCUT2D eigenvalue weighted by molar-refractivity contribution is 6.04. The number of nitriles is 1. The molecule has 38 heavy (non-hydrogen) atoms. The van der Waals surface area contributed by atoms with Gasteiger partial charge in [0.2, 0.25) is 0 Å². The molecule has 0 heterocycles. The van der Waals surface area contributed by atoms with Gasteiger partial charge in [0.15, 0.2) is 11.6 Å². The molecule has 0 aromatic rings. The predicted octanol–water partition coefficient (Wildman–Crippen LogP) is 6.77. The molecule has 7 atom stereocenters. The fraction of sp³-hybridized carbons (Fsp3) is 0.758. The highest BCUT2D eigenvalue weighted by Gasteiger charge is 2.69. The average Bonchev–Trinajstić information content (AvgIpc) is 2.82. The van der Waals surface area contributed by atoms with Crippen LogP contribution in [0.2, 0.25) is 0 Å². The highest BCUT2D eigenvalue weighted by Crippen LogP contribution is 2.74. The third-order valence-electron chi connectivity index (χ3n) is 12.6. The summed E-state index contributed by atoms with van der Waals surface area (Å²) < 4.78 is 5.70. The summed E-state index contributed by atoms with van der Waals surface area (Å²) in [5.41, 5.74) is -0.302. The Hall–Kier alpha value is -2.22. The zero-order chi connectivity index (χ0) is 28.1. The van der Waals surface area contributed by atoms with Gasteiger partial charge < -0.3 is 4.74 Å². The second-order valence-electron chi connectivity index (χ2n) is 15.4. The fourth-order valence-corrected chi connectivity index (χ4v) is 10.2. The molecule has 5 aliphatic carbocycles. The minimum Gasteiger partial charge on any atom is -0.465 e. The van der Waals surface area contributed by atoms with Crippen LogP contribution in [-0.4, -0.2) is 24.1 Å². The lowest BCUT2D eigenvalue weighted by Gasteiger charge is -2.69. The van der Waals surface area contributed by atoms with Crippen LogP contribution in [-0.2, 0) is 19.1 Å². The standard InChI is InChI=1S/C33H45NO4/c1-20(35)38-19-33-13-11-28(2,3)17-22(33)26-23(36)15-25-30(6)16-21(18-34)27(37)29(4,5)24(30)9-10-31(25,7)32(26,8)12-14-33/h15-16,22,24,26H,9-14,17,19H2,1-8H3/t22?,24?,26?,30-,31+,32+,33+/m0/s1. The molecule has 5 nitrogen and oxygen atoms in total. The van der Waals surface area contributed by atoms with Crippen molar-refractivity contribution in [1.29, 1.82) is 5.26 Å². The molecule has 206 valence electrons. The number of rotatable bonds is 2. The van der Waals surface area contributed by atoms with Gasteiger partial charge in [-0.1, -0.05) is 60.1 Å². The molecule has 3 saturated carbocycles. The number of Topliss-reactive ketones (excluding diaryl/α,β-unsaturated/α-hetero) is 1. The van der Waals surface area contributed by atoms with E-state index in [0.29, 0.717) is 6.61 Å². The maximum absolute atomic E-state index is 14.4. The molecule has 5 aliphatic rings. The maximum Gasteiger partial charge on any atom is 0.302 e. The molecule has 0 saturated heterocycles. The first-order valence-corrected chi connectivity index (χ1v) is 14.6. The number of fused-ring (bicyclic) bond motifs is 7. The van der Waals surface area contributed by atoms with Crippen LogP contribution in [0.4, 0.5) is 0 Å². The van der Waals surface area contributed by atoms with Crippen LogP contribution in [0.5, 0.6) is 0 Å². The van der Waals surface area contributed by atoms with Crippen LogP contribution >= 0.6 is 0 Å². The number of allylic oxidation sites excluding steroid dienone is 4. The third-order valence-corrected chi connectivity index (χ3v) is 12.6. The van der Waals surface area contributed by atoms with Crippen LogP contribution in [0.15, 0.2) is 23.3 Å². The first kappa shape index (κ1) is 27.4. The molecule has 5 rings (SSSR count). The fourth-order valence-electron chi connectivity index (χ4n) is 10.2. The molecule has 0 radical (unpaired) electrons. The SMILES string of the molecule is CC(=O)OC[C@]12CCC(C)(C)CC1C1C(=O)C=C3[C@@]4(C)C=C(C#N)C(=O)C(C)(C)C4CC[C@@]3(C)[C@]1(C)CC2. The Kier molecular flexibility index (Phi) is 5.87. The highest BCUT2D eigenvalue weighted by atomic mass is 16.5. The number of esters is 1. The maximum atomic E-state index is 14.4. The van der Waals surface area contributed by atoms with Gasteiger partial charge in [-0.05, 0) is 79.1 Å². The van der Waals surface area contributed by atoms with Gasteiger partial charge in [0.05, 0.1) is 12.2 Å². The van der Waals surface area contributed by atoms with Crippen molar-refractivity contribution < 1.29 is 19.1 Å². The van der Waals surface area contributed by atoms with Gasteiger partial charge in [-0.2, -0.15) is 5.26 Å². The van der Waals surface area contributed by atoms with Crippen molar-refractivity contribution in [3.05, 3.63) is 23.3 Å². The molecular weight excluding hydrogens is 474 g/mol. The topological polar surface area (TPSA) is 84.2 Å². The van der Waals surface area contributed by atoms with Crippen molar-refractivity contribution in [2.75, 3.05) is 6.61 Å². The second-order valence-corrected chi connectivity index (χ2v) is 15.4. The zero-order valence-electron chi connectivity index (χ0n) is 24.6. The average molecular weight is 520 g/mol. The van der Waals surface area contributed by atoms with E-state index in [9.17, 15) is 19.6 Å². The third kappa shape index (κ3) is 3.44. The van der Waals surface area contributed by atoms with Crippen LogP contribution in [0, 0.1) is 61.6 Å². The summed E-state index contributed by atoms with van der Waals surface area (Å²) in [5.74, 6) is -0.0498. The molecule has 0 aromatic carbocycles. The van der Waals surface area contributed by atoms with E-state index in [0.717, 1.165) is 50.5 Å². The van der Waals surface area contributed by atoms with Gasteiger partial charge in [0.1, 0.15) is 6.07 Å². The smallest absolute Gasteiger partial charge is 0.302 e. The van der Waals surface area contributed by atoms with Crippen LogP contribution in [0.1, 0.15) is 100 Å². The number of carbonyl (C=O) groups excluding carboxylic acids is 3. The predicted molar refractivity (Wildman–Crippen MR) is 146 cm³/mol. The van der Waals surface area contributed by atoms with Gasteiger partial charge in [-0.15, -0.1) is 0 Å². The summed E-state index contributed by atoms with van der Waals surface area (Å²) in [6.07, 6.45) is 10.5. The van der Waals surface area contributed by atoms with E-state index < -0.39 is 10.8 Å². The van der Waals surface area contributed by atoms with Crippen molar-refractivity contribution in [2.24, 2.45) is 50.2 Å². The van der Waals surface area contributed by atoms with E-state index in [-0.39, 0.29) is 62.5 Å². The minimum atomic E-state index is -0.656. The lowest BCUT2D eigenvalue weighted by molar-refractivity contribution is -0.184. The molecule has 0 N–H and O–H groups in total. The number of hydrogen-bond donors (Lipinski definition) is 0. The Morgan fingerprint density at radius 2 is 1.68 bits per heavy atom. The van der Waals surface area contributed by atoms with E-state index in [2.05, 4.69) is 40.7 Å². The van der Waals surface area contributed by atoms with Crippen molar-refractivity contribution in [1.82, 2.24) is 0 Å². The molecule has 0 spiro atoms. The van der Waals surface area contributed by atoms with Crippen molar-refractivity contribution >= 4 is 17.5 Å². The summed E-state index contributed by atoms with van der Waals surface area (Å²) in [7, 11) is 0. The van der Waals surface area contributed by atoms with Gasteiger partial charge in [-0.3, -0.25) is 14.4 Å². The first-order valence-electron chi connectivity index (χ1n) is 14.6. The van der Waals surface area contributed by atoms with Gasteiger partial charge >= 0.3 is 5.97 Å². The largest absolute Gasteiger partial charge is 0.465 e. The van der Waals surface area contributed by atoms with Crippen LogP contribution in [0.25, 0.3) is 0 Å². The zero-order valence-corrected chi connectivity index (χ0v) is 24.6. The van der Waals surface area contributed by atoms with Crippen LogP contribution < -0.4 is 0 Å². The van der Waals surface area contributed by atoms with E-state index >= 15 is 0 Å². The number of ether oxygens (including phenoxy) is 1. The summed E-state index contributed by atoms with van der Waals surface area (Å²) in [4.78, 5) is 39.5. The molecule has 0 aliphatic heterocycles. The van der Waals surface area contributed by atoms with Crippen LogP contribution in [0.3, 0.4) is 0 Å². The minimum absolute atomic E-state index is 0.0483. The van der Waals surface area contributed by atoms with E-state index in [4.69, 9.17) is 4.74 Å². The Balaban J connectivity index is 1.66. The quantitative estimate of drug-likeness (QED) is 0.376. The Bertz CT molecular complexity index is 1220. The Morgan fingerprint density at radius 1 is 1.03 bits per heavy atom. The number of hydrogen-bond acceptors (Lipinski definition) is 5. The number of carbonyl (C=O) groups is 3. The molecule has 5 heteroatoms.